The van der Waals surface area contributed by atoms with Gasteiger partial charge in [0.2, 0.25) is 5.95 Å². The summed E-state index contributed by atoms with van der Waals surface area (Å²) < 4.78 is 5.37. The van der Waals surface area contributed by atoms with Crippen LogP contribution in [0.15, 0.2) is 12.4 Å². The summed E-state index contributed by atoms with van der Waals surface area (Å²) in [4.78, 5) is 22.4. The third kappa shape index (κ3) is 4.88. The summed E-state index contributed by atoms with van der Waals surface area (Å²) in [6.45, 7) is 7.40. The maximum absolute atomic E-state index is 11.8. The van der Waals surface area contributed by atoms with Gasteiger partial charge in [-0.1, -0.05) is 0 Å². The lowest BCUT2D eigenvalue weighted by Crippen LogP contribution is -2.36. The number of hydrogen-bond acceptors (Lipinski definition) is 6. The van der Waals surface area contributed by atoms with Crippen LogP contribution in [-0.4, -0.2) is 34.6 Å². The highest BCUT2D eigenvalue weighted by molar-refractivity contribution is 5.70. The van der Waals surface area contributed by atoms with E-state index in [-0.39, 0.29) is 5.97 Å². The number of carbonyl (C=O) groups excluding carboxylic acids is 1. The predicted octanol–water partition coefficient (Wildman–Crippen LogP) is 2.01. The first-order valence-corrected chi connectivity index (χ1v) is 7.38. The van der Waals surface area contributed by atoms with Crippen molar-refractivity contribution < 1.29 is 9.53 Å². The van der Waals surface area contributed by atoms with Gasteiger partial charge in [-0.3, -0.25) is 4.79 Å². The van der Waals surface area contributed by atoms with Crippen LogP contribution in [0.3, 0.4) is 0 Å². The van der Waals surface area contributed by atoms with Crippen LogP contribution in [0.4, 0.5) is 11.6 Å². The smallest absolute Gasteiger partial charge is 0.306 e. The van der Waals surface area contributed by atoms with E-state index in [1.165, 1.54) is 0 Å². The second kappa shape index (κ2) is 6.28. The molecule has 1 saturated heterocycles. The highest BCUT2D eigenvalue weighted by Gasteiger charge is 2.25. The number of carbonyl (C=O) groups is 1. The molecular formula is C15H24N4O2. The molecule has 1 aromatic heterocycles. The van der Waals surface area contributed by atoms with E-state index < -0.39 is 5.60 Å². The molecular weight excluding hydrogens is 268 g/mol. The molecule has 0 bridgehead atoms. The summed E-state index contributed by atoms with van der Waals surface area (Å²) in [5.74, 6) is 0.981. The zero-order valence-corrected chi connectivity index (χ0v) is 13.0. The Morgan fingerprint density at radius 2 is 1.90 bits per heavy atom. The average molecular weight is 292 g/mol. The van der Waals surface area contributed by atoms with Gasteiger partial charge < -0.3 is 15.4 Å². The first-order chi connectivity index (χ1) is 9.83. The monoisotopic (exact) mass is 292 g/mol. The molecule has 0 spiro atoms. The molecule has 0 aromatic carbocycles. The molecule has 0 saturated carbocycles. The molecule has 0 aliphatic carbocycles. The molecule has 0 unspecified atom stereocenters. The van der Waals surface area contributed by atoms with Gasteiger partial charge in [-0.05, 0) is 39.5 Å². The lowest BCUT2D eigenvalue weighted by Gasteiger charge is -2.32. The van der Waals surface area contributed by atoms with Gasteiger partial charge in [0.05, 0.1) is 18.1 Å². The fourth-order valence-electron chi connectivity index (χ4n) is 2.45. The van der Waals surface area contributed by atoms with Crippen LogP contribution in [0.5, 0.6) is 0 Å². The van der Waals surface area contributed by atoms with Crippen molar-refractivity contribution in [2.24, 2.45) is 5.92 Å². The molecule has 1 aromatic rings. The summed E-state index contributed by atoms with van der Waals surface area (Å²) in [6, 6.07) is 0. The molecule has 1 aliphatic rings. The topological polar surface area (TPSA) is 81.3 Å². The number of aromatic nitrogens is 2. The Bertz CT molecular complexity index is 473. The van der Waals surface area contributed by atoms with Gasteiger partial charge in [0.1, 0.15) is 5.60 Å². The number of anilines is 2. The van der Waals surface area contributed by atoms with Crippen molar-refractivity contribution in [1.82, 2.24) is 9.97 Å². The maximum atomic E-state index is 11.8. The van der Waals surface area contributed by atoms with Crippen molar-refractivity contribution in [2.75, 3.05) is 23.7 Å². The van der Waals surface area contributed by atoms with Crippen LogP contribution in [0.1, 0.15) is 40.0 Å². The van der Waals surface area contributed by atoms with E-state index in [1.807, 2.05) is 20.8 Å². The third-order valence-electron chi connectivity index (χ3n) is 3.43. The van der Waals surface area contributed by atoms with Crippen molar-refractivity contribution in [2.45, 2.75) is 45.6 Å². The lowest BCUT2D eigenvalue weighted by atomic mass is 9.93. The number of piperidine rings is 1. The first-order valence-electron chi connectivity index (χ1n) is 7.38. The standard InChI is InChI=1S/C15H24N4O2/c1-15(2,3)21-13(20)8-11-4-6-19(7-5-11)14-17-9-12(16)10-18-14/h9-11H,4-8,16H2,1-3H3. The van der Waals surface area contributed by atoms with Gasteiger partial charge >= 0.3 is 5.97 Å². The van der Waals surface area contributed by atoms with Crippen molar-refractivity contribution in [3.05, 3.63) is 12.4 Å². The van der Waals surface area contributed by atoms with E-state index in [0.29, 0.717) is 24.0 Å². The zero-order valence-electron chi connectivity index (χ0n) is 13.0. The number of ether oxygens (including phenoxy) is 1. The summed E-state index contributed by atoms with van der Waals surface area (Å²) in [5.41, 5.74) is 5.75. The molecule has 6 heteroatoms. The molecule has 0 atom stereocenters. The number of nitrogens with two attached hydrogens (primary N) is 1. The third-order valence-corrected chi connectivity index (χ3v) is 3.43. The Morgan fingerprint density at radius 1 is 1.33 bits per heavy atom. The fraction of sp³-hybridized carbons (Fsp3) is 0.667. The Balaban J connectivity index is 1.80. The molecule has 0 radical (unpaired) electrons. The largest absolute Gasteiger partial charge is 0.460 e. The molecule has 2 heterocycles. The molecule has 21 heavy (non-hydrogen) atoms. The number of esters is 1. The Morgan fingerprint density at radius 3 is 2.43 bits per heavy atom. The summed E-state index contributed by atoms with van der Waals surface area (Å²) in [7, 11) is 0. The minimum atomic E-state index is -0.407. The van der Waals surface area contributed by atoms with Crippen molar-refractivity contribution >= 4 is 17.6 Å². The quantitative estimate of drug-likeness (QED) is 0.858. The van der Waals surface area contributed by atoms with Crippen molar-refractivity contribution in [3.63, 3.8) is 0 Å². The van der Waals surface area contributed by atoms with Gasteiger partial charge in [-0.2, -0.15) is 0 Å². The van der Waals surface area contributed by atoms with Crippen LogP contribution >= 0.6 is 0 Å². The molecule has 0 amide bonds. The highest BCUT2D eigenvalue weighted by atomic mass is 16.6. The van der Waals surface area contributed by atoms with Crippen LogP contribution in [-0.2, 0) is 9.53 Å². The first kappa shape index (κ1) is 15.5. The molecule has 116 valence electrons. The molecule has 1 fully saturated rings. The number of hydrogen-bond donors (Lipinski definition) is 1. The van der Waals surface area contributed by atoms with Crippen molar-refractivity contribution in [1.29, 1.82) is 0 Å². The summed E-state index contributed by atoms with van der Waals surface area (Å²) in [6.07, 6.45) is 5.64. The highest BCUT2D eigenvalue weighted by Crippen LogP contribution is 2.24. The van der Waals surface area contributed by atoms with E-state index in [0.717, 1.165) is 25.9 Å². The van der Waals surface area contributed by atoms with Crippen molar-refractivity contribution in [3.8, 4) is 0 Å². The van der Waals surface area contributed by atoms with E-state index in [1.54, 1.807) is 12.4 Å². The summed E-state index contributed by atoms with van der Waals surface area (Å²) in [5, 5.41) is 0. The molecule has 6 nitrogen and oxygen atoms in total. The number of rotatable bonds is 3. The predicted molar refractivity (Wildman–Crippen MR) is 81.8 cm³/mol. The van der Waals surface area contributed by atoms with E-state index >= 15 is 0 Å². The van der Waals surface area contributed by atoms with Crippen LogP contribution in [0.25, 0.3) is 0 Å². The summed E-state index contributed by atoms with van der Waals surface area (Å²) >= 11 is 0. The Labute approximate surface area is 125 Å². The normalized spacial score (nSPS) is 16.8. The maximum Gasteiger partial charge on any atom is 0.306 e. The Hall–Kier alpha value is -1.85. The molecule has 1 aliphatic heterocycles. The van der Waals surface area contributed by atoms with Gasteiger partial charge in [0, 0.05) is 19.5 Å². The van der Waals surface area contributed by atoms with Gasteiger partial charge in [-0.15, -0.1) is 0 Å². The zero-order chi connectivity index (χ0) is 15.5. The van der Waals surface area contributed by atoms with E-state index in [4.69, 9.17) is 10.5 Å². The molecule has 2 N–H and O–H groups in total. The average Bonchev–Trinajstić information content (AvgIpc) is 2.38. The van der Waals surface area contributed by atoms with Crippen LogP contribution in [0, 0.1) is 5.92 Å². The van der Waals surface area contributed by atoms with Gasteiger partial charge in [0.25, 0.3) is 0 Å². The number of nitrogens with zero attached hydrogens (tertiary/aromatic N) is 3. The van der Waals surface area contributed by atoms with Gasteiger partial charge in [-0.25, -0.2) is 9.97 Å². The SMILES string of the molecule is CC(C)(C)OC(=O)CC1CCN(c2ncc(N)cn2)CC1. The van der Waals surface area contributed by atoms with E-state index in [9.17, 15) is 4.79 Å². The minimum Gasteiger partial charge on any atom is -0.460 e. The van der Waals surface area contributed by atoms with Gasteiger partial charge in [0.15, 0.2) is 0 Å². The lowest BCUT2D eigenvalue weighted by molar-refractivity contribution is -0.156. The second-order valence-corrected chi connectivity index (χ2v) is 6.54. The number of nitrogen functional groups attached to an aromatic ring is 1. The van der Waals surface area contributed by atoms with E-state index in [2.05, 4.69) is 14.9 Å². The minimum absolute atomic E-state index is 0.107. The molecule has 2 rings (SSSR count). The fourth-order valence-corrected chi connectivity index (χ4v) is 2.45. The second-order valence-electron chi connectivity index (χ2n) is 6.54. The van der Waals surface area contributed by atoms with Crippen LogP contribution in [0.2, 0.25) is 0 Å². The van der Waals surface area contributed by atoms with Crippen LogP contribution < -0.4 is 10.6 Å². The Kier molecular flexibility index (Phi) is 4.65.